The summed E-state index contributed by atoms with van der Waals surface area (Å²) in [4.78, 5) is 10.8. The molecule has 19 heavy (non-hydrogen) atoms. The SMILES string of the molecule is Cn1cc(N2CCC[C@@H](Nc3ncccn3)C2)cn1. The van der Waals surface area contributed by atoms with Gasteiger partial charge in [-0.25, -0.2) is 9.97 Å². The highest BCUT2D eigenvalue weighted by atomic mass is 15.3. The first-order valence-electron chi connectivity index (χ1n) is 6.58. The van der Waals surface area contributed by atoms with Crippen molar-refractivity contribution in [3.05, 3.63) is 30.9 Å². The summed E-state index contributed by atoms with van der Waals surface area (Å²) in [5.41, 5.74) is 1.18. The van der Waals surface area contributed by atoms with Gasteiger partial charge >= 0.3 is 0 Å². The zero-order valence-corrected chi connectivity index (χ0v) is 11.0. The molecular weight excluding hydrogens is 240 g/mol. The molecule has 0 amide bonds. The molecule has 0 bridgehead atoms. The zero-order valence-electron chi connectivity index (χ0n) is 11.0. The summed E-state index contributed by atoms with van der Waals surface area (Å²) in [5.74, 6) is 0.709. The van der Waals surface area contributed by atoms with Crippen LogP contribution in [0.3, 0.4) is 0 Å². The maximum atomic E-state index is 4.23. The molecule has 0 aromatic carbocycles. The molecule has 6 heteroatoms. The molecule has 0 saturated carbocycles. The van der Waals surface area contributed by atoms with E-state index in [9.17, 15) is 0 Å². The van der Waals surface area contributed by atoms with Gasteiger partial charge in [-0.3, -0.25) is 4.68 Å². The lowest BCUT2D eigenvalue weighted by molar-refractivity contribution is 0.527. The van der Waals surface area contributed by atoms with E-state index in [1.807, 2.05) is 24.0 Å². The van der Waals surface area contributed by atoms with E-state index in [0.29, 0.717) is 12.0 Å². The summed E-state index contributed by atoms with van der Waals surface area (Å²) in [7, 11) is 1.95. The van der Waals surface area contributed by atoms with Crippen LogP contribution in [0.4, 0.5) is 11.6 Å². The van der Waals surface area contributed by atoms with Gasteiger partial charge in [0, 0.05) is 44.8 Å². The molecule has 3 rings (SSSR count). The first-order valence-corrected chi connectivity index (χ1v) is 6.58. The Balaban J connectivity index is 1.65. The average Bonchev–Trinajstić information content (AvgIpc) is 2.87. The van der Waals surface area contributed by atoms with Gasteiger partial charge in [0.25, 0.3) is 0 Å². The summed E-state index contributed by atoms with van der Waals surface area (Å²) in [6.07, 6.45) is 9.81. The van der Waals surface area contributed by atoms with Crippen LogP contribution in [0.25, 0.3) is 0 Å². The van der Waals surface area contributed by atoms with Gasteiger partial charge in [0.15, 0.2) is 0 Å². The molecule has 0 spiro atoms. The summed E-state index contributed by atoms with van der Waals surface area (Å²) >= 11 is 0. The van der Waals surface area contributed by atoms with Crippen molar-refractivity contribution in [2.45, 2.75) is 18.9 Å². The Hall–Kier alpha value is -2.11. The van der Waals surface area contributed by atoms with Crippen molar-refractivity contribution in [2.24, 2.45) is 7.05 Å². The van der Waals surface area contributed by atoms with Crippen molar-refractivity contribution in [3.63, 3.8) is 0 Å². The fourth-order valence-electron chi connectivity index (χ4n) is 2.46. The third kappa shape index (κ3) is 2.83. The van der Waals surface area contributed by atoms with Gasteiger partial charge in [-0.15, -0.1) is 0 Å². The lowest BCUT2D eigenvalue weighted by Gasteiger charge is -2.33. The Labute approximate surface area is 112 Å². The lowest BCUT2D eigenvalue weighted by Crippen LogP contribution is -2.42. The predicted octanol–water partition coefficient (Wildman–Crippen LogP) is 1.29. The first kappa shape index (κ1) is 12.0. The number of nitrogens with one attached hydrogen (secondary N) is 1. The minimum Gasteiger partial charge on any atom is -0.367 e. The number of aromatic nitrogens is 4. The van der Waals surface area contributed by atoms with E-state index in [1.165, 1.54) is 12.1 Å². The first-order chi connectivity index (χ1) is 9.31. The highest BCUT2D eigenvalue weighted by Crippen LogP contribution is 2.20. The largest absolute Gasteiger partial charge is 0.367 e. The third-order valence-electron chi connectivity index (χ3n) is 3.38. The van der Waals surface area contributed by atoms with Gasteiger partial charge in [0.1, 0.15) is 0 Å². The second kappa shape index (κ2) is 5.26. The molecule has 0 aliphatic carbocycles. The molecule has 2 aromatic heterocycles. The Bertz CT molecular complexity index is 523. The molecule has 3 heterocycles. The van der Waals surface area contributed by atoms with E-state index in [0.717, 1.165) is 19.5 Å². The van der Waals surface area contributed by atoms with E-state index < -0.39 is 0 Å². The highest BCUT2D eigenvalue weighted by molar-refractivity contribution is 5.43. The van der Waals surface area contributed by atoms with E-state index >= 15 is 0 Å². The van der Waals surface area contributed by atoms with Crippen molar-refractivity contribution in [1.29, 1.82) is 0 Å². The summed E-state index contributed by atoms with van der Waals surface area (Å²) in [5, 5.41) is 7.63. The van der Waals surface area contributed by atoms with Crippen LogP contribution < -0.4 is 10.2 Å². The van der Waals surface area contributed by atoms with Crippen LogP contribution in [0.15, 0.2) is 30.9 Å². The van der Waals surface area contributed by atoms with Crippen molar-refractivity contribution >= 4 is 11.6 Å². The summed E-state index contributed by atoms with van der Waals surface area (Å²) in [6, 6.07) is 2.21. The van der Waals surface area contributed by atoms with E-state index in [1.54, 1.807) is 12.4 Å². The number of anilines is 2. The average molecular weight is 258 g/mol. The number of hydrogen-bond acceptors (Lipinski definition) is 5. The Morgan fingerprint density at radius 1 is 1.32 bits per heavy atom. The molecule has 1 saturated heterocycles. The molecule has 0 unspecified atom stereocenters. The Kier molecular flexibility index (Phi) is 3.31. The van der Waals surface area contributed by atoms with Crippen LogP contribution in [-0.4, -0.2) is 38.9 Å². The number of rotatable bonds is 3. The van der Waals surface area contributed by atoms with Gasteiger partial charge < -0.3 is 10.2 Å². The second-order valence-corrected chi connectivity index (χ2v) is 4.87. The van der Waals surface area contributed by atoms with Crippen LogP contribution in [0.2, 0.25) is 0 Å². The molecule has 1 N–H and O–H groups in total. The second-order valence-electron chi connectivity index (χ2n) is 4.87. The molecule has 0 radical (unpaired) electrons. The minimum atomic E-state index is 0.386. The standard InChI is InChI=1S/C13H18N6/c1-18-10-12(8-16-18)19-7-2-4-11(9-19)17-13-14-5-3-6-15-13/h3,5-6,8,10-11H,2,4,7,9H2,1H3,(H,14,15,17)/t11-/m1/s1. The van der Waals surface area contributed by atoms with Crippen molar-refractivity contribution in [2.75, 3.05) is 23.3 Å². The zero-order chi connectivity index (χ0) is 13.1. The smallest absolute Gasteiger partial charge is 0.222 e. The van der Waals surface area contributed by atoms with Gasteiger partial charge in [0.05, 0.1) is 11.9 Å². The molecule has 1 aliphatic rings. The van der Waals surface area contributed by atoms with Gasteiger partial charge in [-0.05, 0) is 18.9 Å². The van der Waals surface area contributed by atoms with E-state index in [4.69, 9.17) is 0 Å². The Morgan fingerprint density at radius 3 is 2.89 bits per heavy atom. The Morgan fingerprint density at radius 2 is 2.16 bits per heavy atom. The van der Waals surface area contributed by atoms with Gasteiger partial charge in [-0.1, -0.05) is 0 Å². The third-order valence-corrected chi connectivity index (χ3v) is 3.38. The number of aryl methyl sites for hydroxylation is 1. The van der Waals surface area contributed by atoms with Crippen molar-refractivity contribution in [1.82, 2.24) is 19.7 Å². The fraction of sp³-hybridized carbons (Fsp3) is 0.462. The molecule has 100 valence electrons. The molecule has 6 nitrogen and oxygen atoms in total. The number of nitrogens with zero attached hydrogens (tertiary/aromatic N) is 5. The van der Waals surface area contributed by atoms with E-state index in [-0.39, 0.29) is 0 Å². The maximum absolute atomic E-state index is 4.23. The van der Waals surface area contributed by atoms with Crippen LogP contribution >= 0.6 is 0 Å². The maximum Gasteiger partial charge on any atom is 0.222 e. The molecule has 2 aromatic rings. The van der Waals surface area contributed by atoms with Gasteiger partial charge in [-0.2, -0.15) is 5.10 Å². The molecule has 1 aliphatic heterocycles. The van der Waals surface area contributed by atoms with Crippen LogP contribution in [-0.2, 0) is 7.05 Å². The normalized spacial score (nSPS) is 19.4. The molecule has 1 fully saturated rings. The predicted molar refractivity (Wildman–Crippen MR) is 74.1 cm³/mol. The molecular formula is C13H18N6. The van der Waals surface area contributed by atoms with Crippen molar-refractivity contribution in [3.8, 4) is 0 Å². The summed E-state index contributed by atoms with van der Waals surface area (Å²) < 4.78 is 1.84. The van der Waals surface area contributed by atoms with Gasteiger partial charge in [0.2, 0.25) is 5.95 Å². The number of hydrogen-bond donors (Lipinski definition) is 1. The number of piperidine rings is 1. The molecule has 1 atom stereocenters. The van der Waals surface area contributed by atoms with E-state index in [2.05, 4.69) is 31.5 Å². The topological polar surface area (TPSA) is 58.9 Å². The monoisotopic (exact) mass is 258 g/mol. The van der Waals surface area contributed by atoms with Crippen LogP contribution in [0.1, 0.15) is 12.8 Å². The summed E-state index contributed by atoms with van der Waals surface area (Å²) in [6.45, 7) is 2.05. The lowest BCUT2D eigenvalue weighted by atomic mass is 10.1. The highest BCUT2D eigenvalue weighted by Gasteiger charge is 2.21. The minimum absolute atomic E-state index is 0.386. The van der Waals surface area contributed by atoms with Crippen molar-refractivity contribution < 1.29 is 0 Å². The van der Waals surface area contributed by atoms with Crippen LogP contribution in [0, 0.1) is 0 Å². The fourth-order valence-corrected chi connectivity index (χ4v) is 2.46. The van der Waals surface area contributed by atoms with Crippen LogP contribution in [0.5, 0.6) is 0 Å². The quantitative estimate of drug-likeness (QED) is 0.899.